The fraction of sp³-hybridized carbons (Fsp3) is 0.636. The zero-order valence-corrected chi connectivity index (χ0v) is 10.6. The molecule has 1 aliphatic rings. The van der Waals surface area contributed by atoms with Gasteiger partial charge in [-0.2, -0.15) is 0 Å². The quantitative estimate of drug-likeness (QED) is 0.875. The van der Waals surface area contributed by atoms with Crippen LogP contribution >= 0.6 is 22.9 Å². The van der Waals surface area contributed by atoms with E-state index in [1.54, 1.807) is 11.3 Å². The summed E-state index contributed by atoms with van der Waals surface area (Å²) in [6.45, 7) is 4.56. The lowest BCUT2D eigenvalue weighted by atomic mass is 10.1. The van der Waals surface area contributed by atoms with E-state index >= 15 is 0 Å². The Morgan fingerprint density at radius 3 is 3.20 bits per heavy atom. The maximum Gasteiger partial charge on any atom is 0.0973 e. The highest BCUT2D eigenvalue weighted by atomic mass is 35.5. The summed E-state index contributed by atoms with van der Waals surface area (Å²) in [7, 11) is 2.03. The van der Waals surface area contributed by atoms with Crippen molar-refractivity contribution < 1.29 is 0 Å². The van der Waals surface area contributed by atoms with Crippen molar-refractivity contribution >= 4 is 22.9 Å². The van der Waals surface area contributed by atoms with E-state index in [2.05, 4.69) is 21.7 Å². The van der Waals surface area contributed by atoms with E-state index < -0.39 is 0 Å². The molecule has 0 amide bonds. The molecule has 1 aliphatic heterocycles. The molecule has 4 heteroatoms. The van der Waals surface area contributed by atoms with E-state index in [0.29, 0.717) is 0 Å². The van der Waals surface area contributed by atoms with Crippen LogP contribution in [0.25, 0.3) is 0 Å². The van der Waals surface area contributed by atoms with Crippen LogP contribution in [0.1, 0.15) is 12.0 Å². The van der Waals surface area contributed by atoms with Crippen molar-refractivity contribution in [1.82, 2.24) is 10.2 Å². The van der Waals surface area contributed by atoms with E-state index in [9.17, 15) is 0 Å². The third-order valence-electron chi connectivity index (χ3n) is 2.95. The molecule has 0 radical (unpaired) electrons. The zero-order valence-electron chi connectivity index (χ0n) is 9.00. The fourth-order valence-electron chi connectivity index (χ4n) is 2.18. The highest BCUT2D eigenvalue weighted by Crippen LogP contribution is 2.26. The number of thiophene rings is 1. The van der Waals surface area contributed by atoms with Crippen LogP contribution in [-0.4, -0.2) is 31.6 Å². The van der Waals surface area contributed by atoms with Gasteiger partial charge in [-0.3, -0.25) is 4.90 Å². The summed E-state index contributed by atoms with van der Waals surface area (Å²) in [5, 5.41) is 5.32. The molecule has 1 aromatic rings. The minimum absolute atomic E-state index is 0.812. The lowest BCUT2D eigenvalue weighted by Gasteiger charge is -2.15. The van der Waals surface area contributed by atoms with Gasteiger partial charge < -0.3 is 5.32 Å². The smallest absolute Gasteiger partial charge is 0.0973 e. The van der Waals surface area contributed by atoms with Crippen molar-refractivity contribution in [3.8, 4) is 0 Å². The number of nitrogens with one attached hydrogen (secondary N) is 1. The van der Waals surface area contributed by atoms with Crippen molar-refractivity contribution in [2.75, 3.05) is 26.7 Å². The predicted molar refractivity (Wildman–Crippen MR) is 66.6 cm³/mol. The number of likely N-dealkylation sites (tertiary alicyclic amines) is 1. The molecule has 1 N–H and O–H groups in total. The molecule has 84 valence electrons. The topological polar surface area (TPSA) is 15.3 Å². The Bertz CT molecular complexity index is 313. The maximum atomic E-state index is 6.10. The van der Waals surface area contributed by atoms with Crippen LogP contribution < -0.4 is 5.32 Å². The predicted octanol–water partition coefficient (Wildman–Crippen LogP) is 2.44. The molecule has 0 saturated carbocycles. The van der Waals surface area contributed by atoms with E-state index in [1.165, 1.54) is 25.1 Å². The largest absolute Gasteiger partial charge is 0.319 e. The van der Waals surface area contributed by atoms with Gasteiger partial charge in [-0.1, -0.05) is 11.6 Å². The summed E-state index contributed by atoms with van der Waals surface area (Å²) < 4.78 is 0.951. The van der Waals surface area contributed by atoms with E-state index in [4.69, 9.17) is 11.6 Å². The van der Waals surface area contributed by atoms with Gasteiger partial charge in [0.2, 0.25) is 0 Å². The van der Waals surface area contributed by atoms with Crippen molar-refractivity contribution in [2.45, 2.75) is 13.0 Å². The standard InChI is InChI=1S/C11H17ClN2S/c1-13-6-9-2-4-14(7-9)8-10-3-5-15-11(10)12/h3,5,9,13H,2,4,6-8H2,1H3. The zero-order chi connectivity index (χ0) is 10.7. The van der Waals surface area contributed by atoms with E-state index in [1.807, 2.05) is 7.05 Å². The third-order valence-corrected chi connectivity index (χ3v) is 4.20. The Morgan fingerprint density at radius 2 is 2.53 bits per heavy atom. The molecule has 1 atom stereocenters. The van der Waals surface area contributed by atoms with Crippen LogP contribution in [0.15, 0.2) is 11.4 Å². The minimum atomic E-state index is 0.812. The summed E-state index contributed by atoms with van der Waals surface area (Å²) in [6, 6.07) is 2.14. The van der Waals surface area contributed by atoms with Crippen LogP contribution in [-0.2, 0) is 6.54 Å². The highest BCUT2D eigenvalue weighted by molar-refractivity contribution is 7.14. The number of halogens is 1. The van der Waals surface area contributed by atoms with Gasteiger partial charge >= 0.3 is 0 Å². The van der Waals surface area contributed by atoms with Crippen LogP contribution in [0.2, 0.25) is 4.34 Å². The molecular weight excluding hydrogens is 228 g/mol. The second-order valence-electron chi connectivity index (χ2n) is 4.17. The lowest BCUT2D eigenvalue weighted by molar-refractivity contribution is 0.316. The van der Waals surface area contributed by atoms with Crippen molar-refractivity contribution in [3.63, 3.8) is 0 Å². The summed E-state index contributed by atoms with van der Waals surface area (Å²) in [6.07, 6.45) is 1.31. The first kappa shape index (κ1) is 11.4. The molecule has 1 unspecified atom stereocenters. The molecular formula is C11H17ClN2S. The molecule has 0 aromatic carbocycles. The first-order chi connectivity index (χ1) is 7.29. The average molecular weight is 245 g/mol. The molecule has 0 bridgehead atoms. The molecule has 0 aliphatic carbocycles. The lowest BCUT2D eigenvalue weighted by Crippen LogP contribution is -2.24. The SMILES string of the molecule is CNCC1CCN(Cc2ccsc2Cl)C1. The molecule has 15 heavy (non-hydrogen) atoms. The Morgan fingerprint density at radius 1 is 1.67 bits per heavy atom. The molecule has 1 aromatic heterocycles. The number of hydrogen-bond donors (Lipinski definition) is 1. The third kappa shape index (κ3) is 2.94. The van der Waals surface area contributed by atoms with Gasteiger partial charge in [0.25, 0.3) is 0 Å². The van der Waals surface area contributed by atoms with Gasteiger partial charge in [0.05, 0.1) is 4.34 Å². The highest BCUT2D eigenvalue weighted by Gasteiger charge is 2.22. The van der Waals surface area contributed by atoms with Gasteiger partial charge in [0.15, 0.2) is 0 Å². The summed E-state index contributed by atoms with van der Waals surface area (Å²) >= 11 is 7.72. The summed E-state index contributed by atoms with van der Waals surface area (Å²) in [4.78, 5) is 2.50. The number of rotatable bonds is 4. The molecule has 0 spiro atoms. The van der Waals surface area contributed by atoms with E-state index in [-0.39, 0.29) is 0 Å². The van der Waals surface area contributed by atoms with Crippen LogP contribution in [0.5, 0.6) is 0 Å². The Labute approximate surface area is 100 Å². The van der Waals surface area contributed by atoms with Crippen LogP contribution in [0.3, 0.4) is 0 Å². The van der Waals surface area contributed by atoms with Gasteiger partial charge in [-0.15, -0.1) is 11.3 Å². The van der Waals surface area contributed by atoms with Gasteiger partial charge in [-0.25, -0.2) is 0 Å². The minimum Gasteiger partial charge on any atom is -0.319 e. The van der Waals surface area contributed by atoms with Gasteiger partial charge in [0, 0.05) is 13.1 Å². The molecule has 2 heterocycles. The second kappa shape index (κ2) is 5.30. The number of nitrogens with zero attached hydrogens (tertiary/aromatic N) is 1. The Hall–Kier alpha value is -0.0900. The maximum absolute atomic E-state index is 6.10. The van der Waals surface area contributed by atoms with Gasteiger partial charge in [0.1, 0.15) is 0 Å². The Balaban J connectivity index is 1.85. The molecule has 1 saturated heterocycles. The molecule has 2 nitrogen and oxygen atoms in total. The van der Waals surface area contributed by atoms with Crippen molar-refractivity contribution in [3.05, 3.63) is 21.3 Å². The van der Waals surface area contributed by atoms with Crippen molar-refractivity contribution in [2.24, 2.45) is 5.92 Å². The monoisotopic (exact) mass is 244 g/mol. The normalized spacial score (nSPS) is 22.4. The first-order valence-corrected chi connectivity index (χ1v) is 6.64. The molecule has 1 fully saturated rings. The van der Waals surface area contributed by atoms with Crippen LogP contribution in [0.4, 0.5) is 0 Å². The Kier molecular flexibility index (Phi) is 4.03. The number of hydrogen-bond acceptors (Lipinski definition) is 3. The van der Waals surface area contributed by atoms with E-state index in [0.717, 1.165) is 23.3 Å². The van der Waals surface area contributed by atoms with Gasteiger partial charge in [-0.05, 0) is 49.5 Å². The summed E-state index contributed by atoms with van der Waals surface area (Å²) in [5.74, 6) is 0.812. The molecule has 2 rings (SSSR count). The summed E-state index contributed by atoms with van der Waals surface area (Å²) in [5.41, 5.74) is 1.28. The van der Waals surface area contributed by atoms with Crippen LogP contribution in [0, 0.1) is 5.92 Å². The fourth-order valence-corrected chi connectivity index (χ4v) is 3.10. The second-order valence-corrected chi connectivity index (χ2v) is 5.69. The first-order valence-electron chi connectivity index (χ1n) is 5.38. The van der Waals surface area contributed by atoms with Crippen molar-refractivity contribution in [1.29, 1.82) is 0 Å². The average Bonchev–Trinajstić information content (AvgIpc) is 2.79.